The number of H-pyrrole nitrogens is 1. The number of nitrogens with zero attached hydrogens (tertiary/aromatic N) is 3. The molecular weight excluding hydrogens is 194 g/mol. The Balaban J connectivity index is 2.31. The van der Waals surface area contributed by atoms with Gasteiger partial charge in [-0.3, -0.25) is 4.79 Å². The topological polar surface area (TPSA) is 83.6 Å². The van der Waals surface area contributed by atoms with E-state index in [0.717, 1.165) is 0 Å². The van der Waals surface area contributed by atoms with Gasteiger partial charge in [0.05, 0.1) is 6.54 Å². The smallest absolute Gasteiger partial charge is 0.224 e. The average Bonchev–Trinajstić information content (AvgIpc) is 2.65. The Morgan fingerprint density at radius 2 is 2.54 bits per heavy atom. The van der Waals surface area contributed by atoms with Crippen LogP contribution in [-0.4, -0.2) is 32.4 Å². The number of halogens is 1. The van der Waals surface area contributed by atoms with E-state index in [-0.39, 0.29) is 18.4 Å². The van der Waals surface area contributed by atoms with Crippen molar-refractivity contribution in [1.29, 1.82) is 0 Å². The zero-order valence-corrected chi connectivity index (χ0v) is 7.88. The third-order valence-electron chi connectivity index (χ3n) is 1.49. The van der Waals surface area contributed by atoms with Crippen LogP contribution in [0.4, 0.5) is 0 Å². The standard InChI is InChI=1S/C6H10ClN5O/c1-4(2-7)6(13)8-3-5-9-11-12-10-5/h4H,2-3H2,1H3,(H,8,13)(H,9,10,11,12). The van der Waals surface area contributed by atoms with Crippen LogP contribution in [0.5, 0.6) is 0 Å². The first-order valence-electron chi connectivity index (χ1n) is 3.80. The lowest BCUT2D eigenvalue weighted by Crippen LogP contribution is -2.29. The van der Waals surface area contributed by atoms with Crippen LogP contribution in [-0.2, 0) is 11.3 Å². The van der Waals surface area contributed by atoms with Crippen LogP contribution in [0.3, 0.4) is 0 Å². The van der Waals surface area contributed by atoms with E-state index in [2.05, 4.69) is 25.9 Å². The Bertz CT molecular complexity index is 262. The summed E-state index contributed by atoms with van der Waals surface area (Å²) in [5.74, 6) is 0.446. The molecule has 0 saturated heterocycles. The van der Waals surface area contributed by atoms with E-state index in [4.69, 9.17) is 11.6 Å². The number of nitrogens with one attached hydrogen (secondary N) is 2. The van der Waals surface area contributed by atoms with Gasteiger partial charge in [0.15, 0.2) is 5.82 Å². The Morgan fingerprint density at radius 1 is 1.77 bits per heavy atom. The van der Waals surface area contributed by atoms with Gasteiger partial charge >= 0.3 is 0 Å². The van der Waals surface area contributed by atoms with Gasteiger partial charge in [-0.15, -0.1) is 21.8 Å². The summed E-state index contributed by atoms with van der Waals surface area (Å²) >= 11 is 5.50. The summed E-state index contributed by atoms with van der Waals surface area (Å²) in [6.45, 7) is 2.02. The molecule has 1 rings (SSSR count). The lowest BCUT2D eigenvalue weighted by molar-refractivity contribution is -0.124. The molecule has 0 aliphatic rings. The quantitative estimate of drug-likeness (QED) is 0.658. The van der Waals surface area contributed by atoms with Crippen LogP contribution in [0.1, 0.15) is 12.7 Å². The third-order valence-corrected chi connectivity index (χ3v) is 1.95. The molecule has 0 aromatic carbocycles. The molecule has 0 radical (unpaired) electrons. The maximum absolute atomic E-state index is 11.2. The summed E-state index contributed by atoms with van der Waals surface area (Å²) in [4.78, 5) is 11.2. The van der Waals surface area contributed by atoms with Gasteiger partial charge in [-0.05, 0) is 0 Å². The first-order valence-corrected chi connectivity index (χ1v) is 4.33. The highest BCUT2D eigenvalue weighted by atomic mass is 35.5. The Hall–Kier alpha value is -1.17. The van der Waals surface area contributed by atoms with E-state index in [0.29, 0.717) is 11.7 Å². The number of carbonyl (C=O) groups is 1. The molecule has 7 heteroatoms. The minimum atomic E-state index is -0.200. The van der Waals surface area contributed by atoms with Crippen molar-refractivity contribution in [2.75, 3.05) is 5.88 Å². The number of alkyl halides is 1. The number of aromatic nitrogens is 4. The van der Waals surface area contributed by atoms with Crippen molar-refractivity contribution in [1.82, 2.24) is 25.9 Å². The van der Waals surface area contributed by atoms with E-state index in [9.17, 15) is 4.79 Å². The number of hydrogen-bond acceptors (Lipinski definition) is 4. The van der Waals surface area contributed by atoms with Gasteiger partial charge in [0.2, 0.25) is 5.91 Å². The largest absolute Gasteiger partial charge is 0.348 e. The van der Waals surface area contributed by atoms with Crippen molar-refractivity contribution in [3.63, 3.8) is 0 Å². The second kappa shape index (κ2) is 4.76. The molecular formula is C6H10ClN5O. The molecule has 13 heavy (non-hydrogen) atoms. The van der Waals surface area contributed by atoms with Crippen LogP contribution >= 0.6 is 11.6 Å². The molecule has 0 aliphatic carbocycles. The monoisotopic (exact) mass is 203 g/mol. The van der Waals surface area contributed by atoms with E-state index >= 15 is 0 Å². The summed E-state index contributed by atoms with van der Waals surface area (Å²) in [6.07, 6.45) is 0. The lowest BCUT2D eigenvalue weighted by Gasteiger charge is -2.06. The average molecular weight is 204 g/mol. The molecule has 2 N–H and O–H groups in total. The predicted molar refractivity (Wildman–Crippen MR) is 45.9 cm³/mol. The molecule has 0 fully saturated rings. The summed E-state index contributed by atoms with van der Waals surface area (Å²) < 4.78 is 0. The molecule has 1 heterocycles. The number of amides is 1. The molecule has 0 bridgehead atoms. The van der Waals surface area contributed by atoms with E-state index < -0.39 is 0 Å². The number of hydrogen-bond donors (Lipinski definition) is 2. The van der Waals surface area contributed by atoms with Gasteiger partial charge < -0.3 is 5.32 Å². The Morgan fingerprint density at radius 3 is 3.08 bits per heavy atom. The van der Waals surface area contributed by atoms with Crippen LogP contribution in [0.15, 0.2) is 0 Å². The van der Waals surface area contributed by atoms with Gasteiger partial charge in [-0.2, -0.15) is 5.21 Å². The maximum atomic E-state index is 11.2. The van der Waals surface area contributed by atoms with Crippen molar-refractivity contribution in [3.8, 4) is 0 Å². The summed E-state index contributed by atoms with van der Waals surface area (Å²) in [5.41, 5.74) is 0. The number of carbonyl (C=O) groups excluding carboxylic acids is 1. The lowest BCUT2D eigenvalue weighted by atomic mass is 10.2. The molecule has 0 saturated carbocycles. The highest BCUT2D eigenvalue weighted by Gasteiger charge is 2.11. The molecule has 72 valence electrons. The summed E-state index contributed by atoms with van der Waals surface area (Å²) in [6, 6.07) is 0. The molecule has 1 atom stereocenters. The molecule has 0 spiro atoms. The van der Waals surface area contributed by atoms with Crippen LogP contribution in [0.2, 0.25) is 0 Å². The van der Waals surface area contributed by atoms with Crippen molar-refractivity contribution < 1.29 is 4.79 Å². The van der Waals surface area contributed by atoms with Gasteiger partial charge in [0.25, 0.3) is 0 Å². The fourth-order valence-electron chi connectivity index (χ4n) is 0.668. The first kappa shape index (κ1) is 9.91. The van der Waals surface area contributed by atoms with Crippen molar-refractivity contribution in [3.05, 3.63) is 5.82 Å². The number of aromatic amines is 1. The van der Waals surface area contributed by atoms with Crippen molar-refractivity contribution in [2.24, 2.45) is 5.92 Å². The van der Waals surface area contributed by atoms with Gasteiger partial charge in [-0.1, -0.05) is 12.1 Å². The zero-order valence-electron chi connectivity index (χ0n) is 7.12. The van der Waals surface area contributed by atoms with E-state index in [1.165, 1.54) is 0 Å². The first-order chi connectivity index (χ1) is 6.24. The van der Waals surface area contributed by atoms with Crippen LogP contribution in [0.25, 0.3) is 0 Å². The summed E-state index contributed by atoms with van der Waals surface area (Å²) in [5, 5.41) is 15.6. The third kappa shape index (κ3) is 2.98. The molecule has 1 amide bonds. The maximum Gasteiger partial charge on any atom is 0.224 e. The van der Waals surface area contributed by atoms with Gasteiger partial charge in [-0.25, -0.2) is 0 Å². The fraction of sp³-hybridized carbons (Fsp3) is 0.667. The normalized spacial score (nSPS) is 12.5. The van der Waals surface area contributed by atoms with Crippen molar-refractivity contribution in [2.45, 2.75) is 13.5 Å². The fourth-order valence-corrected chi connectivity index (χ4v) is 0.808. The minimum Gasteiger partial charge on any atom is -0.348 e. The van der Waals surface area contributed by atoms with E-state index in [1.54, 1.807) is 6.92 Å². The summed E-state index contributed by atoms with van der Waals surface area (Å²) in [7, 11) is 0. The second-order valence-electron chi connectivity index (χ2n) is 2.60. The molecule has 0 aliphatic heterocycles. The van der Waals surface area contributed by atoms with Gasteiger partial charge in [0.1, 0.15) is 0 Å². The number of tetrazole rings is 1. The predicted octanol–water partition coefficient (Wildman–Crippen LogP) is -0.309. The number of rotatable bonds is 4. The van der Waals surface area contributed by atoms with Crippen molar-refractivity contribution >= 4 is 17.5 Å². The Kier molecular flexibility index (Phi) is 3.63. The SMILES string of the molecule is CC(CCl)C(=O)NCc1nn[nH]n1. The van der Waals surface area contributed by atoms with E-state index in [1.807, 2.05) is 0 Å². The van der Waals surface area contributed by atoms with Gasteiger partial charge in [0, 0.05) is 11.8 Å². The second-order valence-corrected chi connectivity index (χ2v) is 2.91. The zero-order chi connectivity index (χ0) is 9.68. The molecule has 1 unspecified atom stereocenters. The molecule has 1 aromatic heterocycles. The van der Waals surface area contributed by atoms with Crippen LogP contribution < -0.4 is 5.32 Å². The minimum absolute atomic E-state index is 0.111. The van der Waals surface area contributed by atoms with Crippen LogP contribution in [0, 0.1) is 5.92 Å². The highest BCUT2D eigenvalue weighted by molar-refractivity contribution is 6.19. The molecule has 1 aromatic rings. The highest BCUT2D eigenvalue weighted by Crippen LogP contribution is 1.97. The Labute approximate surface area is 80.0 Å². The molecule has 6 nitrogen and oxygen atoms in total.